The maximum atomic E-state index is 5.93. The lowest BCUT2D eigenvalue weighted by molar-refractivity contribution is 0.0357. The maximum Gasteiger partial charge on any atom is 0.162 e. The van der Waals surface area contributed by atoms with Crippen molar-refractivity contribution in [1.29, 1.82) is 0 Å². The van der Waals surface area contributed by atoms with Gasteiger partial charge in [0.15, 0.2) is 11.5 Å². The second kappa shape index (κ2) is 7.81. The summed E-state index contributed by atoms with van der Waals surface area (Å²) in [4.78, 5) is 6.69. The zero-order chi connectivity index (χ0) is 16.1. The predicted molar refractivity (Wildman–Crippen MR) is 90.7 cm³/mol. The third-order valence-corrected chi connectivity index (χ3v) is 4.13. The predicted octanol–water partition coefficient (Wildman–Crippen LogP) is 3.00. The molecule has 0 radical (unpaired) electrons. The van der Waals surface area contributed by atoms with Gasteiger partial charge in [-0.25, -0.2) is 4.98 Å². The number of aromatic nitrogens is 1. The number of benzene rings is 1. The van der Waals surface area contributed by atoms with Crippen LogP contribution in [0, 0.1) is 0 Å². The average molecular weight is 337 g/mol. The molecule has 1 aliphatic heterocycles. The van der Waals surface area contributed by atoms with Crippen molar-refractivity contribution < 1.29 is 14.2 Å². The molecule has 1 saturated heterocycles. The van der Waals surface area contributed by atoms with Crippen LogP contribution in [0.5, 0.6) is 11.5 Å². The molecule has 0 bridgehead atoms. The van der Waals surface area contributed by atoms with E-state index in [1.807, 2.05) is 18.2 Å². The number of fused-ring (bicyclic) bond motifs is 1. The fraction of sp³-hybridized carbons (Fsp3) is 0.471. The molecule has 1 aromatic carbocycles. The summed E-state index contributed by atoms with van der Waals surface area (Å²) in [6.07, 6.45) is 0.972. The molecule has 1 aliphatic rings. The number of morpholine rings is 1. The average Bonchev–Trinajstić information content (AvgIpc) is 2.59. The molecule has 0 aliphatic carbocycles. The van der Waals surface area contributed by atoms with Gasteiger partial charge in [-0.15, -0.1) is 0 Å². The number of halogens is 1. The third-order valence-electron chi connectivity index (χ3n) is 3.92. The molecule has 23 heavy (non-hydrogen) atoms. The van der Waals surface area contributed by atoms with Crippen LogP contribution in [0.15, 0.2) is 24.3 Å². The molecule has 6 heteroatoms. The smallest absolute Gasteiger partial charge is 0.162 e. The molecule has 124 valence electrons. The molecule has 0 amide bonds. The van der Waals surface area contributed by atoms with Crippen LogP contribution in [-0.2, 0) is 4.74 Å². The highest BCUT2D eigenvalue weighted by Gasteiger charge is 2.11. The van der Waals surface area contributed by atoms with E-state index in [9.17, 15) is 0 Å². The lowest BCUT2D eigenvalue weighted by Crippen LogP contribution is -2.37. The quantitative estimate of drug-likeness (QED) is 0.599. The molecule has 0 atom stereocenters. The van der Waals surface area contributed by atoms with Crippen LogP contribution in [0.2, 0.25) is 5.15 Å². The Morgan fingerprint density at radius 3 is 2.83 bits per heavy atom. The van der Waals surface area contributed by atoms with E-state index in [1.54, 1.807) is 13.2 Å². The molecule has 5 nitrogen and oxygen atoms in total. The number of hydrogen-bond acceptors (Lipinski definition) is 5. The fourth-order valence-corrected chi connectivity index (χ4v) is 2.83. The number of methoxy groups -OCH3 is 1. The van der Waals surface area contributed by atoms with Crippen molar-refractivity contribution in [2.75, 3.05) is 46.6 Å². The number of pyridine rings is 1. The van der Waals surface area contributed by atoms with Crippen LogP contribution < -0.4 is 9.47 Å². The number of hydrogen-bond donors (Lipinski definition) is 0. The van der Waals surface area contributed by atoms with Crippen molar-refractivity contribution in [1.82, 2.24) is 9.88 Å². The van der Waals surface area contributed by atoms with Gasteiger partial charge in [-0.05, 0) is 24.6 Å². The van der Waals surface area contributed by atoms with E-state index in [1.165, 1.54) is 0 Å². The summed E-state index contributed by atoms with van der Waals surface area (Å²) in [5.74, 6) is 1.42. The number of rotatable bonds is 6. The zero-order valence-corrected chi connectivity index (χ0v) is 14.0. The molecule has 0 N–H and O–H groups in total. The van der Waals surface area contributed by atoms with Crippen LogP contribution in [0.1, 0.15) is 6.42 Å². The van der Waals surface area contributed by atoms with Crippen LogP contribution >= 0.6 is 11.6 Å². The number of nitrogens with zero attached hydrogens (tertiary/aromatic N) is 2. The van der Waals surface area contributed by atoms with Crippen molar-refractivity contribution in [2.45, 2.75) is 6.42 Å². The van der Waals surface area contributed by atoms with Crippen LogP contribution in [0.25, 0.3) is 10.9 Å². The Labute approximate surface area is 141 Å². The second-order valence-corrected chi connectivity index (χ2v) is 5.87. The monoisotopic (exact) mass is 336 g/mol. The van der Waals surface area contributed by atoms with E-state index in [2.05, 4.69) is 9.88 Å². The standard InChI is InChI=1S/C17H21ClN2O3/c1-21-15-12-14-13(3-4-17(18)19-14)11-16(15)23-8-2-5-20-6-9-22-10-7-20/h3-4,11-12H,2,5-10H2,1H3. The SMILES string of the molecule is COc1cc2nc(Cl)ccc2cc1OCCCN1CCOCC1. The molecule has 0 unspecified atom stereocenters. The van der Waals surface area contributed by atoms with E-state index < -0.39 is 0 Å². The minimum absolute atomic E-state index is 0.471. The molecule has 0 saturated carbocycles. The summed E-state index contributed by atoms with van der Waals surface area (Å²) in [7, 11) is 1.63. The van der Waals surface area contributed by atoms with Gasteiger partial charge >= 0.3 is 0 Å². The molecule has 3 rings (SSSR count). The van der Waals surface area contributed by atoms with E-state index >= 15 is 0 Å². The van der Waals surface area contributed by atoms with E-state index in [-0.39, 0.29) is 0 Å². The van der Waals surface area contributed by atoms with Gasteiger partial charge in [-0.2, -0.15) is 0 Å². The normalized spacial score (nSPS) is 15.7. The first-order chi connectivity index (χ1) is 11.3. The zero-order valence-electron chi connectivity index (χ0n) is 13.3. The molecule has 0 spiro atoms. The lowest BCUT2D eigenvalue weighted by atomic mass is 10.2. The lowest BCUT2D eigenvalue weighted by Gasteiger charge is -2.26. The van der Waals surface area contributed by atoms with Crippen molar-refractivity contribution >= 4 is 22.5 Å². The molecule has 1 fully saturated rings. The van der Waals surface area contributed by atoms with Crippen LogP contribution in [-0.4, -0.2) is 56.4 Å². The summed E-state index contributed by atoms with van der Waals surface area (Å²) in [5.41, 5.74) is 0.801. The first-order valence-corrected chi connectivity index (χ1v) is 8.21. The molecule has 2 aromatic rings. The number of ether oxygens (including phenoxy) is 3. The summed E-state index contributed by atoms with van der Waals surface area (Å²) in [5, 5.41) is 1.46. The Morgan fingerprint density at radius 1 is 1.22 bits per heavy atom. The van der Waals surface area contributed by atoms with Crippen molar-refractivity contribution in [3.8, 4) is 11.5 Å². The summed E-state index contributed by atoms with van der Waals surface area (Å²) < 4.78 is 16.7. The van der Waals surface area contributed by atoms with Crippen LogP contribution in [0.4, 0.5) is 0 Å². The second-order valence-electron chi connectivity index (χ2n) is 5.49. The Balaban J connectivity index is 1.61. The molecular formula is C17H21ClN2O3. The van der Waals surface area contributed by atoms with Gasteiger partial charge in [-0.1, -0.05) is 11.6 Å². The van der Waals surface area contributed by atoms with E-state index in [0.29, 0.717) is 17.5 Å². The molecular weight excluding hydrogens is 316 g/mol. The summed E-state index contributed by atoms with van der Waals surface area (Å²) in [6, 6.07) is 7.52. The Kier molecular flexibility index (Phi) is 5.54. The Hall–Kier alpha value is -1.56. The highest BCUT2D eigenvalue weighted by Crippen LogP contribution is 2.32. The molecule has 2 heterocycles. The summed E-state index contributed by atoms with van der Waals surface area (Å²) in [6.45, 7) is 5.35. The van der Waals surface area contributed by atoms with Gasteiger partial charge in [-0.3, -0.25) is 4.90 Å². The van der Waals surface area contributed by atoms with Gasteiger partial charge in [0.25, 0.3) is 0 Å². The van der Waals surface area contributed by atoms with Crippen molar-refractivity contribution in [2.24, 2.45) is 0 Å². The van der Waals surface area contributed by atoms with Crippen molar-refractivity contribution in [3.05, 3.63) is 29.4 Å². The van der Waals surface area contributed by atoms with Crippen LogP contribution in [0.3, 0.4) is 0 Å². The minimum atomic E-state index is 0.471. The van der Waals surface area contributed by atoms with Gasteiger partial charge in [0.05, 0.1) is 32.4 Å². The van der Waals surface area contributed by atoms with Gasteiger partial charge in [0.1, 0.15) is 5.15 Å². The Bertz CT molecular complexity index is 660. The van der Waals surface area contributed by atoms with E-state index in [0.717, 1.165) is 55.9 Å². The topological polar surface area (TPSA) is 43.8 Å². The summed E-state index contributed by atoms with van der Waals surface area (Å²) >= 11 is 5.93. The fourth-order valence-electron chi connectivity index (χ4n) is 2.67. The highest BCUT2D eigenvalue weighted by molar-refractivity contribution is 6.29. The van der Waals surface area contributed by atoms with Crippen molar-refractivity contribution in [3.63, 3.8) is 0 Å². The highest BCUT2D eigenvalue weighted by atomic mass is 35.5. The molecule has 1 aromatic heterocycles. The first-order valence-electron chi connectivity index (χ1n) is 7.83. The third kappa shape index (κ3) is 4.25. The van der Waals surface area contributed by atoms with Gasteiger partial charge in [0.2, 0.25) is 0 Å². The minimum Gasteiger partial charge on any atom is -0.493 e. The largest absolute Gasteiger partial charge is 0.493 e. The van der Waals surface area contributed by atoms with E-state index in [4.69, 9.17) is 25.8 Å². The Morgan fingerprint density at radius 2 is 2.04 bits per heavy atom. The van der Waals surface area contributed by atoms with Gasteiger partial charge < -0.3 is 14.2 Å². The first kappa shape index (κ1) is 16.3. The van der Waals surface area contributed by atoms with Gasteiger partial charge in [0, 0.05) is 31.1 Å². The maximum absolute atomic E-state index is 5.93.